The average molecular weight is 517 g/mol. The SMILES string of the molecule is COCC1C(=O)NCC12CCN(Cc1ccccn1)CC2.O=C(O)C(F)(F)F.O=C(O)C(F)(F)F. The number of amides is 1. The first-order chi connectivity index (χ1) is 16.1. The molecule has 1 aromatic rings. The van der Waals surface area contributed by atoms with Gasteiger partial charge in [0.25, 0.3) is 0 Å². The maximum atomic E-state index is 12.0. The number of aliphatic carboxylic acids is 2. The molecule has 0 bridgehead atoms. The number of carbonyl (C=O) groups is 3. The zero-order valence-electron chi connectivity index (χ0n) is 18.5. The Kier molecular flexibility index (Phi) is 10.9. The van der Waals surface area contributed by atoms with E-state index in [0.717, 1.165) is 44.7 Å². The molecule has 1 atom stereocenters. The number of carbonyl (C=O) groups excluding carboxylic acids is 1. The summed E-state index contributed by atoms with van der Waals surface area (Å²) < 4.78 is 68.7. The molecular formula is C20H25F6N3O6. The number of nitrogens with zero attached hydrogens (tertiary/aromatic N) is 2. The summed E-state index contributed by atoms with van der Waals surface area (Å²) in [6.07, 6.45) is -6.23. The predicted octanol–water partition coefficient (Wildman–Crippen LogP) is 2.32. The lowest BCUT2D eigenvalue weighted by Gasteiger charge is -2.41. The minimum atomic E-state index is -5.08. The van der Waals surface area contributed by atoms with E-state index in [2.05, 4.69) is 21.3 Å². The Morgan fingerprint density at radius 3 is 2.03 bits per heavy atom. The van der Waals surface area contributed by atoms with Crippen LogP contribution in [0.25, 0.3) is 0 Å². The van der Waals surface area contributed by atoms with E-state index in [4.69, 9.17) is 24.5 Å². The molecule has 9 nitrogen and oxygen atoms in total. The second-order valence-electron chi connectivity index (χ2n) is 7.79. The molecule has 2 fully saturated rings. The summed E-state index contributed by atoms with van der Waals surface area (Å²) in [5.74, 6) is -5.34. The fraction of sp³-hybridized carbons (Fsp3) is 0.600. The molecule has 1 amide bonds. The maximum Gasteiger partial charge on any atom is 0.490 e. The average Bonchev–Trinajstić information content (AvgIpc) is 3.06. The number of aromatic nitrogens is 1. The lowest BCUT2D eigenvalue weighted by Crippen LogP contribution is -2.45. The fourth-order valence-electron chi connectivity index (χ4n) is 3.61. The number of nitrogens with one attached hydrogen (secondary N) is 1. The minimum Gasteiger partial charge on any atom is -0.475 e. The summed E-state index contributed by atoms with van der Waals surface area (Å²) in [6.45, 7) is 4.27. The topological polar surface area (TPSA) is 129 Å². The zero-order chi connectivity index (χ0) is 26.9. The number of carboxylic acids is 2. The van der Waals surface area contributed by atoms with Crippen molar-refractivity contribution in [3.63, 3.8) is 0 Å². The summed E-state index contributed by atoms with van der Waals surface area (Å²) >= 11 is 0. The van der Waals surface area contributed by atoms with Crippen molar-refractivity contribution in [2.45, 2.75) is 31.7 Å². The molecule has 3 rings (SSSR count). The van der Waals surface area contributed by atoms with Crippen LogP contribution in [0.1, 0.15) is 18.5 Å². The quantitative estimate of drug-likeness (QED) is 0.519. The molecule has 2 saturated heterocycles. The molecule has 35 heavy (non-hydrogen) atoms. The fourth-order valence-corrected chi connectivity index (χ4v) is 3.61. The largest absolute Gasteiger partial charge is 0.490 e. The number of ether oxygens (including phenoxy) is 1. The van der Waals surface area contributed by atoms with Gasteiger partial charge in [-0.05, 0) is 38.1 Å². The van der Waals surface area contributed by atoms with Crippen LogP contribution in [0.15, 0.2) is 24.4 Å². The van der Waals surface area contributed by atoms with E-state index in [-0.39, 0.29) is 17.2 Å². The molecular weight excluding hydrogens is 492 g/mol. The normalized spacial score (nSPS) is 19.6. The number of pyridine rings is 1. The molecule has 0 saturated carbocycles. The summed E-state index contributed by atoms with van der Waals surface area (Å²) in [6, 6.07) is 6.04. The van der Waals surface area contributed by atoms with Crippen molar-refractivity contribution in [2.75, 3.05) is 33.4 Å². The number of methoxy groups -OCH3 is 1. The Labute approximate surface area is 196 Å². The van der Waals surface area contributed by atoms with Crippen LogP contribution in [-0.2, 0) is 25.7 Å². The lowest BCUT2D eigenvalue weighted by atomic mass is 9.71. The van der Waals surface area contributed by atoms with Gasteiger partial charge in [0.05, 0.1) is 18.2 Å². The van der Waals surface area contributed by atoms with Crippen molar-refractivity contribution in [1.29, 1.82) is 0 Å². The first-order valence-electron chi connectivity index (χ1n) is 10.1. The van der Waals surface area contributed by atoms with Crippen LogP contribution < -0.4 is 5.32 Å². The predicted molar refractivity (Wildman–Crippen MR) is 107 cm³/mol. The zero-order valence-corrected chi connectivity index (χ0v) is 18.5. The minimum absolute atomic E-state index is 0.0134. The van der Waals surface area contributed by atoms with Gasteiger partial charge in [-0.3, -0.25) is 14.7 Å². The van der Waals surface area contributed by atoms with Crippen LogP contribution in [0.5, 0.6) is 0 Å². The first-order valence-corrected chi connectivity index (χ1v) is 10.1. The van der Waals surface area contributed by atoms with E-state index in [1.807, 2.05) is 18.3 Å². The van der Waals surface area contributed by atoms with Crippen LogP contribution in [0, 0.1) is 11.3 Å². The Hall–Kier alpha value is -2.94. The van der Waals surface area contributed by atoms with Gasteiger partial charge in [0.2, 0.25) is 5.91 Å². The number of halogens is 6. The molecule has 0 radical (unpaired) electrons. The highest BCUT2D eigenvalue weighted by molar-refractivity contribution is 5.82. The lowest BCUT2D eigenvalue weighted by molar-refractivity contribution is -0.193. The van der Waals surface area contributed by atoms with Gasteiger partial charge in [-0.25, -0.2) is 9.59 Å². The number of rotatable bonds is 4. The standard InChI is InChI=1S/C16H23N3O2.2C2HF3O2/c1-21-11-14-15(20)18-12-16(14)5-8-19(9-6-16)10-13-4-2-3-7-17-13;2*3-2(4,5)1(6)7/h2-4,7,14H,5-6,8-12H2,1H3,(H,18,20);2*(H,6,7). The van der Waals surface area contributed by atoms with Gasteiger partial charge in [0.15, 0.2) is 0 Å². The third-order valence-electron chi connectivity index (χ3n) is 5.45. The molecule has 0 aliphatic carbocycles. The van der Waals surface area contributed by atoms with Crippen LogP contribution >= 0.6 is 0 Å². The molecule has 1 spiro atoms. The number of likely N-dealkylation sites (tertiary alicyclic amines) is 1. The van der Waals surface area contributed by atoms with Gasteiger partial charge in [-0.15, -0.1) is 0 Å². The number of piperidine rings is 1. The van der Waals surface area contributed by atoms with Crippen molar-refractivity contribution in [3.05, 3.63) is 30.1 Å². The van der Waals surface area contributed by atoms with Crippen molar-refractivity contribution >= 4 is 17.8 Å². The third-order valence-corrected chi connectivity index (χ3v) is 5.45. The maximum absolute atomic E-state index is 12.0. The monoisotopic (exact) mass is 517 g/mol. The molecule has 2 aliphatic heterocycles. The summed E-state index contributed by atoms with van der Waals surface area (Å²) in [5, 5.41) is 17.3. The highest BCUT2D eigenvalue weighted by atomic mass is 19.4. The van der Waals surface area contributed by atoms with Gasteiger partial charge in [-0.2, -0.15) is 26.3 Å². The van der Waals surface area contributed by atoms with Gasteiger partial charge in [-0.1, -0.05) is 6.07 Å². The number of hydrogen-bond acceptors (Lipinski definition) is 6. The van der Waals surface area contributed by atoms with Crippen molar-refractivity contribution in [2.24, 2.45) is 11.3 Å². The molecule has 15 heteroatoms. The Morgan fingerprint density at radius 1 is 1.11 bits per heavy atom. The number of carboxylic acid groups (broad SMARTS) is 2. The van der Waals surface area contributed by atoms with E-state index in [9.17, 15) is 31.1 Å². The first kappa shape index (κ1) is 30.1. The number of hydrogen-bond donors (Lipinski definition) is 3. The highest BCUT2D eigenvalue weighted by Crippen LogP contribution is 2.42. The Morgan fingerprint density at radius 2 is 1.63 bits per heavy atom. The second kappa shape index (κ2) is 12.7. The molecule has 3 N–H and O–H groups in total. The van der Waals surface area contributed by atoms with Gasteiger partial charge < -0.3 is 20.3 Å². The van der Waals surface area contributed by atoms with Crippen LogP contribution in [0.2, 0.25) is 0 Å². The summed E-state index contributed by atoms with van der Waals surface area (Å²) in [5.41, 5.74) is 1.20. The van der Waals surface area contributed by atoms with Crippen molar-refractivity contribution in [3.8, 4) is 0 Å². The van der Waals surface area contributed by atoms with Crippen molar-refractivity contribution < 1.29 is 55.7 Å². The molecule has 1 unspecified atom stereocenters. The molecule has 1 aromatic heterocycles. The molecule has 0 aromatic carbocycles. The Balaban J connectivity index is 0.000000362. The van der Waals surface area contributed by atoms with Crippen LogP contribution in [0.3, 0.4) is 0 Å². The van der Waals surface area contributed by atoms with Gasteiger partial charge in [0, 0.05) is 31.8 Å². The van der Waals surface area contributed by atoms with Crippen molar-refractivity contribution in [1.82, 2.24) is 15.2 Å². The summed E-state index contributed by atoms with van der Waals surface area (Å²) in [4.78, 5) is 36.6. The summed E-state index contributed by atoms with van der Waals surface area (Å²) in [7, 11) is 1.68. The van der Waals surface area contributed by atoms with Crippen LogP contribution in [-0.4, -0.2) is 83.6 Å². The third kappa shape index (κ3) is 9.68. The van der Waals surface area contributed by atoms with E-state index >= 15 is 0 Å². The molecule has 3 heterocycles. The van der Waals surface area contributed by atoms with Crippen LogP contribution in [0.4, 0.5) is 26.3 Å². The van der Waals surface area contributed by atoms with E-state index in [0.29, 0.717) is 6.61 Å². The van der Waals surface area contributed by atoms with E-state index < -0.39 is 24.3 Å². The Bertz CT molecular complexity index is 818. The molecule has 2 aliphatic rings. The number of alkyl halides is 6. The second-order valence-corrected chi connectivity index (χ2v) is 7.79. The van der Waals surface area contributed by atoms with E-state index in [1.54, 1.807) is 7.11 Å². The smallest absolute Gasteiger partial charge is 0.475 e. The van der Waals surface area contributed by atoms with E-state index in [1.165, 1.54) is 0 Å². The van der Waals surface area contributed by atoms with Gasteiger partial charge in [0.1, 0.15) is 0 Å². The van der Waals surface area contributed by atoms with Gasteiger partial charge >= 0.3 is 24.3 Å². The molecule has 198 valence electrons. The highest BCUT2D eigenvalue weighted by Gasteiger charge is 2.49.